The van der Waals surface area contributed by atoms with Crippen molar-refractivity contribution in [1.29, 1.82) is 5.26 Å². The molecule has 0 aliphatic heterocycles. The first-order valence-corrected chi connectivity index (χ1v) is 12.4. The molecule has 3 rings (SSSR count). The van der Waals surface area contributed by atoms with Crippen molar-refractivity contribution in [3.05, 3.63) is 59.9 Å². The van der Waals surface area contributed by atoms with E-state index >= 15 is 0 Å². The molecule has 0 saturated heterocycles. The molecule has 36 heavy (non-hydrogen) atoms. The summed E-state index contributed by atoms with van der Waals surface area (Å²) in [6.07, 6.45) is 3.26. The van der Waals surface area contributed by atoms with Crippen LogP contribution >= 0.6 is 0 Å². The molecule has 1 aromatic heterocycles. The highest BCUT2D eigenvalue weighted by molar-refractivity contribution is 6.01. The first-order valence-electron chi connectivity index (χ1n) is 12.4. The summed E-state index contributed by atoms with van der Waals surface area (Å²) >= 11 is 0. The Morgan fingerprint density at radius 2 is 1.86 bits per heavy atom. The summed E-state index contributed by atoms with van der Waals surface area (Å²) in [4.78, 5) is 14.7. The van der Waals surface area contributed by atoms with Gasteiger partial charge in [-0.15, -0.1) is 0 Å². The van der Waals surface area contributed by atoms with Crippen LogP contribution in [0.25, 0.3) is 28.2 Å². The predicted octanol–water partition coefficient (Wildman–Crippen LogP) is 6.42. The average Bonchev–Trinajstić information content (AvgIpc) is 3.31. The van der Waals surface area contributed by atoms with Crippen molar-refractivity contribution >= 4 is 28.4 Å². The van der Waals surface area contributed by atoms with Gasteiger partial charge in [0.05, 0.1) is 5.60 Å². The van der Waals surface area contributed by atoms with Gasteiger partial charge >= 0.3 is 0 Å². The Labute approximate surface area is 214 Å². The van der Waals surface area contributed by atoms with Gasteiger partial charge in [-0.2, -0.15) is 5.26 Å². The van der Waals surface area contributed by atoms with Crippen molar-refractivity contribution in [3.63, 3.8) is 0 Å². The van der Waals surface area contributed by atoms with E-state index < -0.39 is 5.91 Å². The van der Waals surface area contributed by atoms with Gasteiger partial charge in [0.15, 0.2) is 0 Å². The second-order valence-corrected chi connectivity index (χ2v) is 10.2. The van der Waals surface area contributed by atoms with Crippen molar-refractivity contribution in [2.75, 3.05) is 32.1 Å². The Kier molecular flexibility index (Phi) is 8.95. The molecule has 6 nitrogen and oxygen atoms in total. The van der Waals surface area contributed by atoms with Gasteiger partial charge in [0.25, 0.3) is 5.91 Å². The number of nitrogens with zero attached hydrogens (tertiary/aromatic N) is 2. The second-order valence-electron chi connectivity index (χ2n) is 10.2. The maximum atomic E-state index is 12.7. The van der Waals surface area contributed by atoms with Crippen LogP contribution < -0.4 is 10.2 Å². The molecule has 0 saturated carbocycles. The molecule has 3 aromatic rings. The lowest BCUT2D eigenvalue weighted by Gasteiger charge is -2.22. The molecule has 6 heteroatoms. The highest BCUT2D eigenvalue weighted by Gasteiger charge is 2.16. The Hall–Kier alpha value is -3.56. The molecule has 0 aliphatic carbocycles. The Bertz CT molecular complexity index is 1260. The van der Waals surface area contributed by atoms with E-state index in [2.05, 4.69) is 47.5 Å². The highest BCUT2D eigenvalue weighted by Crippen LogP contribution is 2.29. The lowest BCUT2D eigenvalue weighted by Crippen LogP contribution is -2.31. The zero-order valence-corrected chi connectivity index (χ0v) is 22.2. The molecule has 1 atom stereocenters. The van der Waals surface area contributed by atoms with Gasteiger partial charge in [-0.1, -0.05) is 31.5 Å². The zero-order valence-electron chi connectivity index (χ0n) is 22.2. The third-order valence-corrected chi connectivity index (χ3v) is 6.09. The highest BCUT2D eigenvalue weighted by atomic mass is 16.5. The number of hydrogen-bond donors (Lipinski definition) is 1. The molecule has 0 radical (unpaired) electrons. The van der Waals surface area contributed by atoms with Gasteiger partial charge in [-0.05, 0) is 74.2 Å². The molecule has 0 aliphatic rings. The Morgan fingerprint density at radius 3 is 2.53 bits per heavy atom. The number of amides is 1. The minimum Gasteiger partial charge on any atom is -0.457 e. The summed E-state index contributed by atoms with van der Waals surface area (Å²) in [6.45, 7) is 9.31. The van der Waals surface area contributed by atoms with Gasteiger partial charge in [0.1, 0.15) is 23.2 Å². The van der Waals surface area contributed by atoms with Crippen LogP contribution in [-0.2, 0) is 9.53 Å². The summed E-state index contributed by atoms with van der Waals surface area (Å²) in [5.41, 5.74) is 1.92. The Balaban J connectivity index is 1.66. The quantitative estimate of drug-likeness (QED) is 0.264. The lowest BCUT2D eigenvalue weighted by molar-refractivity contribution is -0.117. The molecule has 0 fully saturated rings. The number of anilines is 1. The summed E-state index contributed by atoms with van der Waals surface area (Å²) in [7, 11) is 4.04. The largest absolute Gasteiger partial charge is 0.457 e. The van der Waals surface area contributed by atoms with Crippen LogP contribution in [0.2, 0.25) is 0 Å². The number of carbonyl (C=O) groups is 1. The van der Waals surface area contributed by atoms with Gasteiger partial charge in [0.2, 0.25) is 0 Å². The van der Waals surface area contributed by atoms with Crippen LogP contribution in [-0.4, -0.2) is 38.8 Å². The first-order chi connectivity index (χ1) is 17.1. The molecule has 2 aromatic carbocycles. The van der Waals surface area contributed by atoms with E-state index in [0.717, 1.165) is 34.9 Å². The lowest BCUT2D eigenvalue weighted by atomic mass is 10.0. The number of carbonyl (C=O) groups excluding carboxylic acids is 1. The second kappa shape index (κ2) is 11.9. The summed E-state index contributed by atoms with van der Waals surface area (Å²) in [6, 6.07) is 18.1. The normalized spacial score (nSPS) is 12.9. The van der Waals surface area contributed by atoms with E-state index in [1.54, 1.807) is 6.07 Å². The molecule has 0 spiro atoms. The topological polar surface area (TPSA) is 78.5 Å². The summed E-state index contributed by atoms with van der Waals surface area (Å²) in [5.74, 6) is 1.04. The smallest absolute Gasteiger partial charge is 0.262 e. The fourth-order valence-electron chi connectivity index (χ4n) is 3.86. The van der Waals surface area contributed by atoms with Crippen molar-refractivity contribution in [2.45, 2.75) is 46.1 Å². The number of ether oxygens (including phenoxy) is 1. The van der Waals surface area contributed by atoms with Crippen LogP contribution in [0.4, 0.5) is 5.69 Å². The van der Waals surface area contributed by atoms with E-state index in [-0.39, 0.29) is 17.1 Å². The van der Waals surface area contributed by atoms with E-state index in [1.165, 1.54) is 6.08 Å². The molecular formula is C30H37N3O3. The number of rotatable bonds is 10. The third kappa shape index (κ3) is 7.47. The number of nitrogens with one attached hydrogen (secondary N) is 1. The number of nitriles is 1. The molecule has 1 N–H and O–H groups in total. The van der Waals surface area contributed by atoms with Gasteiger partial charge in [-0.3, -0.25) is 4.79 Å². The van der Waals surface area contributed by atoms with Gasteiger partial charge < -0.3 is 19.4 Å². The van der Waals surface area contributed by atoms with E-state index in [0.29, 0.717) is 24.7 Å². The molecule has 1 unspecified atom stereocenters. The molecule has 1 heterocycles. The van der Waals surface area contributed by atoms with E-state index in [1.807, 2.05) is 53.1 Å². The maximum absolute atomic E-state index is 12.7. The van der Waals surface area contributed by atoms with E-state index in [9.17, 15) is 10.1 Å². The van der Waals surface area contributed by atoms with Crippen LogP contribution in [0.15, 0.2) is 58.5 Å². The molecule has 0 bridgehead atoms. The summed E-state index contributed by atoms with van der Waals surface area (Å²) in [5, 5.41) is 14.7. The average molecular weight is 488 g/mol. The number of hydrogen-bond acceptors (Lipinski definition) is 5. The Morgan fingerprint density at radius 1 is 1.14 bits per heavy atom. The standard InChI is InChI=1S/C30H37N3O3/c1-7-21(14-15-35-30(2,3)4)20-32-29(34)25(19-31)18-27-12-13-28(36-27)24-9-8-23-17-26(33(5)6)11-10-22(23)16-24/h8-13,16-18,21H,7,14-15,20H2,1-6H3,(H,32,34)/b25-18+. The van der Waals surface area contributed by atoms with Crippen molar-refractivity contribution in [3.8, 4) is 17.4 Å². The van der Waals surface area contributed by atoms with Gasteiger partial charge in [0, 0.05) is 44.6 Å². The van der Waals surface area contributed by atoms with Crippen LogP contribution in [0.5, 0.6) is 0 Å². The molecule has 1 amide bonds. The summed E-state index contributed by atoms with van der Waals surface area (Å²) < 4.78 is 11.8. The minimum atomic E-state index is -0.395. The maximum Gasteiger partial charge on any atom is 0.262 e. The van der Waals surface area contributed by atoms with E-state index in [4.69, 9.17) is 9.15 Å². The van der Waals surface area contributed by atoms with Gasteiger partial charge in [-0.25, -0.2) is 0 Å². The fraction of sp³-hybridized carbons (Fsp3) is 0.400. The molecule has 190 valence electrons. The minimum absolute atomic E-state index is 0.0198. The molecular weight excluding hydrogens is 450 g/mol. The fourth-order valence-corrected chi connectivity index (χ4v) is 3.86. The number of furan rings is 1. The van der Waals surface area contributed by atoms with Crippen molar-refractivity contribution in [1.82, 2.24) is 5.32 Å². The monoisotopic (exact) mass is 487 g/mol. The van der Waals surface area contributed by atoms with Crippen molar-refractivity contribution < 1.29 is 13.9 Å². The van der Waals surface area contributed by atoms with Crippen LogP contribution in [0.3, 0.4) is 0 Å². The first kappa shape index (κ1) is 27.0. The van der Waals surface area contributed by atoms with Crippen LogP contribution in [0.1, 0.15) is 46.3 Å². The zero-order chi connectivity index (χ0) is 26.3. The SMILES string of the molecule is CCC(CCOC(C)(C)C)CNC(=O)/C(C#N)=C/c1ccc(-c2ccc3cc(N(C)C)ccc3c2)o1. The number of fused-ring (bicyclic) bond motifs is 1. The van der Waals surface area contributed by atoms with Crippen molar-refractivity contribution in [2.24, 2.45) is 5.92 Å². The third-order valence-electron chi connectivity index (χ3n) is 6.09. The predicted molar refractivity (Wildman–Crippen MR) is 147 cm³/mol. The van der Waals surface area contributed by atoms with Crippen LogP contribution in [0, 0.1) is 17.2 Å². The number of benzene rings is 2.